The van der Waals surface area contributed by atoms with Gasteiger partial charge in [-0.1, -0.05) is 0 Å². The Balaban J connectivity index is 2.86. The van der Waals surface area contributed by atoms with Gasteiger partial charge in [0.05, 0.1) is 18.5 Å². The van der Waals surface area contributed by atoms with E-state index in [0.717, 1.165) is 0 Å². The highest BCUT2D eigenvalue weighted by molar-refractivity contribution is 7.90. The Morgan fingerprint density at radius 3 is 2.47 bits per heavy atom. The molecule has 0 radical (unpaired) electrons. The molecule has 0 spiro atoms. The maximum atomic E-state index is 11.6. The molecule has 96 valence electrons. The molecule has 0 bridgehead atoms. The van der Waals surface area contributed by atoms with E-state index in [9.17, 15) is 8.42 Å². The van der Waals surface area contributed by atoms with Gasteiger partial charge in [-0.3, -0.25) is 4.72 Å². The minimum Gasteiger partial charge on any atom is -0.495 e. The summed E-state index contributed by atoms with van der Waals surface area (Å²) in [7, 11) is -2.07. The van der Waals surface area contributed by atoms with Crippen molar-refractivity contribution in [1.82, 2.24) is 4.72 Å². The van der Waals surface area contributed by atoms with Gasteiger partial charge in [0.1, 0.15) is 5.75 Å². The maximum Gasteiger partial charge on any atom is 0.299 e. The minimum absolute atomic E-state index is 0.178. The quantitative estimate of drug-likeness (QED) is 0.686. The van der Waals surface area contributed by atoms with E-state index in [-0.39, 0.29) is 6.04 Å². The van der Waals surface area contributed by atoms with Gasteiger partial charge in [0.2, 0.25) is 0 Å². The van der Waals surface area contributed by atoms with Crippen LogP contribution in [0.25, 0.3) is 0 Å². The van der Waals surface area contributed by atoms with E-state index in [4.69, 9.17) is 10.5 Å². The molecule has 0 aliphatic carbocycles. The molecular weight excluding hydrogens is 242 g/mol. The summed E-state index contributed by atoms with van der Waals surface area (Å²) in [6.45, 7) is 3.48. The second-order valence-electron chi connectivity index (χ2n) is 3.83. The summed E-state index contributed by atoms with van der Waals surface area (Å²) >= 11 is 0. The third-order valence-electron chi connectivity index (χ3n) is 1.87. The normalized spacial score (nSPS) is 11.5. The van der Waals surface area contributed by atoms with Crippen LogP contribution in [0.2, 0.25) is 0 Å². The highest BCUT2D eigenvalue weighted by atomic mass is 32.2. The Morgan fingerprint density at radius 2 is 2.00 bits per heavy atom. The fourth-order valence-corrected chi connectivity index (χ4v) is 2.41. The van der Waals surface area contributed by atoms with Gasteiger partial charge in [-0.2, -0.15) is 13.1 Å². The number of hydrogen-bond donors (Lipinski definition) is 3. The average Bonchev–Trinajstić information content (AvgIpc) is 2.14. The summed E-state index contributed by atoms with van der Waals surface area (Å²) in [5.74, 6) is 0.504. The zero-order valence-electron chi connectivity index (χ0n) is 10.0. The van der Waals surface area contributed by atoms with Crippen LogP contribution in [-0.4, -0.2) is 21.6 Å². The number of methoxy groups -OCH3 is 1. The summed E-state index contributed by atoms with van der Waals surface area (Å²) in [4.78, 5) is 0. The third kappa shape index (κ3) is 4.12. The van der Waals surface area contributed by atoms with E-state index in [1.165, 1.54) is 13.2 Å². The first-order chi connectivity index (χ1) is 7.84. The standard InChI is InChI=1S/C10H17N3O3S/c1-7(2)12-17(14,15)13-8-4-5-10(16-3)9(11)6-8/h4-7,12-13H,11H2,1-3H3. The molecule has 0 fully saturated rings. The molecule has 6 nitrogen and oxygen atoms in total. The van der Waals surface area contributed by atoms with Crippen molar-refractivity contribution in [3.8, 4) is 5.75 Å². The van der Waals surface area contributed by atoms with E-state index in [0.29, 0.717) is 17.1 Å². The van der Waals surface area contributed by atoms with E-state index in [2.05, 4.69) is 9.44 Å². The SMILES string of the molecule is COc1ccc(NS(=O)(=O)NC(C)C)cc1N. The van der Waals surface area contributed by atoms with E-state index in [1.807, 2.05) is 0 Å². The number of nitrogens with two attached hydrogens (primary N) is 1. The lowest BCUT2D eigenvalue weighted by Gasteiger charge is -2.12. The lowest BCUT2D eigenvalue weighted by molar-refractivity contribution is 0.417. The largest absolute Gasteiger partial charge is 0.495 e. The molecule has 7 heteroatoms. The molecule has 1 aromatic carbocycles. The van der Waals surface area contributed by atoms with Crippen LogP contribution < -0.4 is 19.9 Å². The average molecular weight is 259 g/mol. The number of ether oxygens (including phenoxy) is 1. The summed E-state index contributed by atoms with van der Waals surface area (Å²) in [6, 6.07) is 4.50. The van der Waals surface area contributed by atoms with Crippen LogP contribution in [0, 0.1) is 0 Å². The van der Waals surface area contributed by atoms with Gasteiger partial charge in [0, 0.05) is 6.04 Å². The van der Waals surface area contributed by atoms with Crippen molar-refractivity contribution in [2.75, 3.05) is 17.6 Å². The molecule has 4 N–H and O–H groups in total. The predicted octanol–water partition coefficient (Wildman–Crippen LogP) is 0.932. The molecule has 0 saturated carbocycles. The Morgan fingerprint density at radius 1 is 1.35 bits per heavy atom. The van der Waals surface area contributed by atoms with Crippen molar-refractivity contribution in [2.45, 2.75) is 19.9 Å². The molecule has 0 aliphatic rings. The summed E-state index contributed by atoms with van der Waals surface area (Å²) in [5, 5.41) is 0. The van der Waals surface area contributed by atoms with E-state index in [1.54, 1.807) is 26.0 Å². The molecule has 0 heterocycles. The number of anilines is 2. The van der Waals surface area contributed by atoms with Crippen LogP contribution in [0.3, 0.4) is 0 Å². The fourth-order valence-electron chi connectivity index (χ4n) is 1.29. The summed E-state index contributed by atoms with van der Waals surface area (Å²) in [5.41, 5.74) is 6.43. The van der Waals surface area contributed by atoms with Gasteiger partial charge in [0.25, 0.3) is 10.2 Å². The van der Waals surface area contributed by atoms with Crippen LogP contribution in [0.1, 0.15) is 13.8 Å². The number of nitrogen functional groups attached to an aromatic ring is 1. The molecule has 1 rings (SSSR count). The second kappa shape index (κ2) is 5.24. The smallest absolute Gasteiger partial charge is 0.299 e. The third-order valence-corrected chi connectivity index (χ3v) is 3.16. The minimum atomic E-state index is -3.57. The number of hydrogen-bond acceptors (Lipinski definition) is 4. The van der Waals surface area contributed by atoms with Gasteiger partial charge in [-0.15, -0.1) is 0 Å². The second-order valence-corrected chi connectivity index (χ2v) is 5.28. The molecule has 0 unspecified atom stereocenters. The predicted molar refractivity (Wildman–Crippen MR) is 68.2 cm³/mol. The van der Waals surface area contributed by atoms with Crippen molar-refractivity contribution < 1.29 is 13.2 Å². The topological polar surface area (TPSA) is 93.4 Å². The van der Waals surface area contributed by atoms with Crippen LogP contribution in [-0.2, 0) is 10.2 Å². The van der Waals surface area contributed by atoms with Gasteiger partial charge in [-0.25, -0.2) is 0 Å². The number of rotatable bonds is 5. The van der Waals surface area contributed by atoms with Crippen molar-refractivity contribution in [1.29, 1.82) is 0 Å². The first-order valence-electron chi connectivity index (χ1n) is 5.07. The lowest BCUT2D eigenvalue weighted by Crippen LogP contribution is -2.35. The van der Waals surface area contributed by atoms with Gasteiger partial charge >= 0.3 is 0 Å². The Hall–Kier alpha value is -1.47. The maximum absolute atomic E-state index is 11.6. The van der Waals surface area contributed by atoms with Gasteiger partial charge in [-0.05, 0) is 32.0 Å². The van der Waals surface area contributed by atoms with Gasteiger partial charge in [0.15, 0.2) is 0 Å². The molecule has 17 heavy (non-hydrogen) atoms. The zero-order chi connectivity index (χ0) is 13.1. The summed E-state index contributed by atoms with van der Waals surface area (Å²) < 4.78 is 32.9. The summed E-state index contributed by atoms with van der Waals surface area (Å²) in [6.07, 6.45) is 0. The highest BCUT2D eigenvalue weighted by Gasteiger charge is 2.12. The zero-order valence-corrected chi connectivity index (χ0v) is 10.8. The van der Waals surface area contributed by atoms with Crippen molar-refractivity contribution in [3.63, 3.8) is 0 Å². The van der Waals surface area contributed by atoms with E-state index >= 15 is 0 Å². The fraction of sp³-hybridized carbons (Fsp3) is 0.400. The first-order valence-corrected chi connectivity index (χ1v) is 6.56. The lowest BCUT2D eigenvalue weighted by atomic mass is 10.2. The molecule has 0 saturated heterocycles. The Labute approximate surface area is 101 Å². The van der Waals surface area contributed by atoms with Crippen LogP contribution in [0.4, 0.5) is 11.4 Å². The first kappa shape index (κ1) is 13.6. The monoisotopic (exact) mass is 259 g/mol. The highest BCUT2D eigenvalue weighted by Crippen LogP contribution is 2.24. The van der Waals surface area contributed by atoms with Gasteiger partial charge < -0.3 is 10.5 Å². The Kier molecular flexibility index (Phi) is 4.19. The van der Waals surface area contributed by atoms with Crippen molar-refractivity contribution >= 4 is 21.6 Å². The molecule has 0 amide bonds. The van der Waals surface area contributed by atoms with Crippen LogP contribution in [0.5, 0.6) is 5.75 Å². The molecular formula is C10H17N3O3S. The van der Waals surface area contributed by atoms with Crippen molar-refractivity contribution in [2.24, 2.45) is 0 Å². The van der Waals surface area contributed by atoms with E-state index < -0.39 is 10.2 Å². The molecule has 1 aromatic rings. The number of benzene rings is 1. The molecule has 0 aliphatic heterocycles. The number of nitrogens with one attached hydrogen (secondary N) is 2. The van der Waals surface area contributed by atoms with Crippen LogP contribution >= 0.6 is 0 Å². The molecule has 0 atom stereocenters. The van der Waals surface area contributed by atoms with Crippen LogP contribution in [0.15, 0.2) is 18.2 Å². The van der Waals surface area contributed by atoms with Crippen molar-refractivity contribution in [3.05, 3.63) is 18.2 Å². The Bertz CT molecular complexity index is 486. The molecule has 0 aromatic heterocycles.